The number of likely N-dealkylation sites (N-methyl/N-ethyl adjacent to an activating group) is 1. The molecule has 0 spiro atoms. The van der Waals surface area contributed by atoms with E-state index < -0.39 is 5.97 Å². The number of nitrogens with zero attached hydrogens (tertiary/aromatic N) is 1. The van der Waals surface area contributed by atoms with E-state index in [2.05, 4.69) is 0 Å². The third-order valence-electron chi connectivity index (χ3n) is 4.55. The first-order chi connectivity index (χ1) is 11.0. The van der Waals surface area contributed by atoms with Gasteiger partial charge in [-0.3, -0.25) is 4.79 Å². The Morgan fingerprint density at radius 2 is 1.96 bits per heavy atom. The molecule has 23 heavy (non-hydrogen) atoms. The predicted octanol–water partition coefficient (Wildman–Crippen LogP) is 2.92. The normalized spacial score (nSPS) is 15.2. The molecule has 1 aliphatic rings. The highest BCUT2D eigenvalue weighted by atomic mass is 16.5. The lowest BCUT2D eigenvalue weighted by Gasteiger charge is -2.33. The van der Waals surface area contributed by atoms with Crippen LogP contribution in [0.4, 0.5) is 5.69 Å². The van der Waals surface area contributed by atoms with E-state index in [4.69, 9.17) is 10.5 Å². The Bertz CT molecular complexity index is 565. The van der Waals surface area contributed by atoms with Crippen LogP contribution in [0.1, 0.15) is 54.9 Å². The Morgan fingerprint density at radius 1 is 1.26 bits per heavy atom. The Balaban J connectivity index is 1.94. The van der Waals surface area contributed by atoms with Crippen LogP contribution in [0.5, 0.6) is 0 Å². The van der Waals surface area contributed by atoms with Crippen molar-refractivity contribution >= 4 is 17.6 Å². The number of nitrogens with two attached hydrogens (primary N) is 1. The monoisotopic (exact) mass is 318 g/mol. The minimum atomic E-state index is -0.542. The number of nitrogen functional groups attached to an aromatic ring is 1. The van der Waals surface area contributed by atoms with E-state index in [1.165, 1.54) is 6.42 Å². The summed E-state index contributed by atoms with van der Waals surface area (Å²) >= 11 is 0. The molecule has 0 atom stereocenters. The number of anilines is 1. The van der Waals surface area contributed by atoms with Crippen LogP contribution in [0.15, 0.2) is 18.2 Å². The highest BCUT2D eigenvalue weighted by Crippen LogP contribution is 2.23. The molecule has 0 saturated heterocycles. The van der Waals surface area contributed by atoms with Crippen molar-refractivity contribution in [2.24, 2.45) is 0 Å². The summed E-state index contributed by atoms with van der Waals surface area (Å²) in [5.74, 6) is -0.668. The highest BCUT2D eigenvalue weighted by molar-refractivity contribution is 5.96. The zero-order valence-electron chi connectivity index (χ0n) is 14.0. The van der Waals surface area contributed by atoms with Gasteiger partial charge in [0.1, 0.15) is 0 Å². The van der Waals surface area contributed by atoms with Crippen LogP contribution in [0.2, 0.25) is 0 Å². The smallest absolute Gasteiger partial charge is 0.340 e. The number of aryl methyl sites for hydroxylation is 1. The Kier molecular flexibility index (Phi) is 6.02. The van der Waals surface area contributed by atoms with Crippen LogP contribution in [0, 0.1) is 6.92 Å². The molecule has 1 aliphatic carbocycles. The van der Waals surface area contributed by atoms with Crippen molar-refractivity contribution in [1.82, 2.24) is 4.90 Å². The van der Waals surface area contributed by atoms with Gasteiger partial charge in [0.2, 0.25) is 0 Å². The first kappa shape index (κ1) is 17.3. The average molecular weight is 318 g/mol. The highest BCUT2D eigenvalue weighted by Gasteiger charge is 2.25. The summed E-state index contributed by atoms with van der Waals surface area (Å²) in [7, 11) is 0. The zero-order valence-corrected chi connectivity index (χ0v) is 14.0. The molecular formula is C18H26N2O3. The van der Waals surface area contributed by atoms with Gasteiger partial charge in [-0.25, -0.2) is 4.79 Å². The molecule has 1 amide bonds. The van der Waals surface area contributed by atoms with E-state index in [0.717, 1.165) is 31.2 Å². The Labute approximate surface area is 137 Å². The number of para-hydroxylation sites is 1. The molecule has 0 heterocycles. The maximum absolute atomic E-state index is 12.4. The molecular weight excluding hydrogens is 292 g/mol. The maximum Gasteiger partial charge on any atom is 0.340 e. The second kappa shape index (κ2) is 7.99. The maximum atomic E-state index is 12.4. The molecule has 2 rings (SSSR count). The SMILES string of the molecule is CCN(C(=O)COC(=O)c1cccc(C)c1N)C1CCCCC1. The van der Waals surface area contributed by atoms with Crippen LogP contribution < -0.4 is 5.73 Å². The minimum absolute atomic E-state index is 0.126. The lowest BCUT2D eigenvalue weighted by atomic mass is 9.94. The second-order valence-corrected chi connectivity index (χ2v) is 6.08. The Morgan fingerprint density at radius 3 is 2.61 bits per heavy atom. The number of hydrogen-bond acceptors (Lipinski definition) is 4. The predicted molar refractivity (Wildman–Crippen MR) is 90.1 cm³/mol. The quantitative estimate of drug-likeness (QED) is 0.669. The van der Waals surface area contributed by atoms with Crippen molar-refractivity contribution in [3.8, 4) is 0 Å². The van der Waals surface area contributed by atoms with Crippen molar-refractivity contribution < 1.29 is 14.3 Å². The molecule has 0 unspecified atom stereocenters. The van der Waals surface area contributed by atoms with E-state index in [-0.39, 0.29) is 18.6 Å². The van der Waals surface area contributed by atoms with E-state index in [1.54, 1.807) is 12.1 Å². The van der Waals surface area contributed by atoms with Crippen LogP contribution in [0.3, 0.4) is 0 Å². The summed E-state index contributed by atoms with van der Waals surface area (Å²) in [6.07, 6.45) is 5.64. The number of carbonyl (C=O) groups is 2. The molecule has 126 valence electrons. The van der Waals surface area contributed by atoms with Crippen molar-refractivity contribution in [3.63, 3.8) is 0 Å². The first-order valence-corrected chi connectivity index (χ1v) is 8.36. The molecule has 2 N–H and O–H groups in total. The zero-order chi connectivity index (χ0) is 16.8. The summed E-state index contributed by atoms with van der Waals surface area (Å²) in [6, 6.07) is 5.49. The van der Waals surface area contributed by atoms with Crippen molar-refractivity contribution in [2.75, 3.05) is 18.9 Å². The van der Waals surface area contributed by atoms with Gasteiger partial charge < -0.3 is 15.4 Å². The molecule has 1 fully saturated rings. The standard InChI is InChI=1S/C18H26N2O3/c1-3-20(14-9-5-4-6-10-14)16(21)12-23-18(22)15-11-7-8-13(2)17(15)19/h7-8,11,14H,3-6,9-10,12,19H2,1-2H3. The second-order valence-electron chi connectivity index (χ2n) is 6.08. The first-order valence-electron chi connectivity index (χ1n) is 8.36. The fraction of sp³-hybridized carbons (Fsp3) is 0.556. The summed E-state index contributed by atoms with van der Waals surface area (Å²) in [5.41, 5.74) is 7.44. The van der Waals surface area contributed by atoms with Crippen LogP contribution >= 0.6 is 0 Å². The van der Waals surface area contributed by atoms with Gasteiger partial charge in [-0.05, 0) is 38.3 Å². The number of rotatable bonds is 5. The van der Waals surface area contributed by atoms with Gasteiger partial charge in [0.15, 0.2) is 6.61 Å². The summed E-state index contributed by atoms with van der Waals surface area (Å²) in [6.45, 7) is 4.22. The molecule has 5 heteroatoms. The molecule has 0 aromatic heterocycles. The van der Waals surface area contributed by atoms with Gasteiger partial charge >= 0.3 is 5.97 Å². The van der Waals surface area contributed by atoms with Gasteiger partial charge in [0.05, 0.1) is 5.56 Å². The van der Waals surface area contributed by atoms with Crippen LogP contribution in [-0.2, 0) is 9.53 Å². The van der Waals surface area contributed by atoms with Crippen LogP contribution in [0.25, 0.3) is 0 Å². The summed E-state index contributed by atoms with van der Waals surface area (Å²) < 4.78 is 5.19. The van der Waals surface area contributed by atoms with Crippen molar-refractivity contribution in [3.05, 3.63) is 29.3 Å². The lowest BCUT2D eigenvalue weighted by Crippen LogP contribution is -2.43. The van der Waals surface area contributed by atoms with E-state index in [9.17, 15) is 9.59 Å². The molecule has 0 aliphatic heterocycles. The van der Waals surface area contributed by atoms with Gasteiger partial charge in [-0.1, -0.05) is 31.4 Å². The van der Waals surface area contributed by atoms with E-state index in [0.29, 0.717) is 17.8 Å². The van der Waals surface area contributed by atoms with Crippen molar-refractivity contribution in [1.29, 1.82) is 0 Å². The van der Waals surface area contributed by atoms with Gasteiger partial charge in [0.25, 0.3) is 5.91 Å². The fourth-order valence-corrected chi connectivity index (χ4v) is 3.18. The lowest BCUT2D eigenvalue weighted by molar-refractivity contribution is -0.137. The summed E-state index contributed by atoms with van der Waals surface area (Å²) in [4.78, 5) is 26.4. The molecule has 5 nitrogen and oxygen atoms in total. The number of benzene rings is 1. The Hall–Kier alpha value is -2.04. The van der Waals surface area contributed by atoms with Gasteiger partial charge in [0, 0.05) is 18.3 Å². The number of hydrogen-bond donors (Lipinski definition) is 1. The summed E-state index contributed by atoms with van der Waals surface area (Å²) in [5, 5.41) is 0. The van der Waals surface area contributed by atoms with E-state index >= 15 is 0 Å². The third kappa shape index (κ3) is 4.24. The minimum Gasteiger partial charge on any atom is -0.452 e. The number of amides is 1. The van der Waals surface area contributed by atoms with Gasteiger partial charge in [-0.2, -0.15) is 0 Å². The fourth-order valence-electron chi connectivity index (χ4n) is 3.18. The molecule has 1 saturated carbocycles. The van der Waals surface area contributed by atoms with Gasteiger partial charge in [-0.15, -0.1) is 0 Å². The number of esters is 1. The largest absolute Gasteiger partial charge is 0.452 e. The van der Waals surface area contributed by atoms with E-state index in [1.807, 2.05) is 24.8 Å². The molecule has 1 aromatic carbocycles. The number of ether oxygens (including phenoxy) is 1. The molecule has 1 aromatic rings. The molecule has 0 bridgehead atoms. The van der Waals surface area contributed by atoms with Crippen molar-refractivity contribution in [2.45, 2.75) is 52.0 Å². The number of carbonyl (C=O) groups excluding carboxylic acids is 2. The third-order valence-corrected chi connectivity index (χ3v) is 4.55. The average Bonchev–Trinajstić information content (AvgIpc) is 2.57. The molecule has 0 radical (unpaired) electrons. The topological polar surface area (TPSA) is 72.6 Å². The van der Waals surface area contributed by atoms with Crippen LogP contribution in [-0.4, -0.2) is 36.0 Å².